The second-order valence-electron chi connectivity index (χ2n) is 15.9. The number of hydrogen-bond donors (Lipinski definition) is 0. The molecule has 3 atom stereocenters. The zero-order valence-electron chi connectivity index (χ0n) is 34.2. The minimum Gasteiger partial charge on any atom is -0.462 e. The standard InChI is InChI=1S/C44H84O6/c1-7-39(5)31-25-19-14-16-22-28-34-43(46)49-37-41(50-44(47)35-29-23-17-15-20-26-32-40(6)8-2)36-48-42(45)33-27-21-13-11-9-10-12-18-24-30-38(3)4/h38-41H,7-37H2,1-6H3/t39?,40?,41-/m0/s1. The Morgan fingerprint density at radius 1 is 0.400 bits per heavy atom. The molecule has 0 aromatic rings. The van der Waals surface area contributed by atoms with E-state index in [1.54, 1.807) is 0 Å². The number of ether oxygens (including phenoxy) is 3. The quantitative estimate of drug-likeness (QED) is 0.0363. The van der Waals surface area contributed by atoms with E-state index in [-0.39, 0.29) is 31.1 Å². The number of unbranched alkanes of at least 4 members (excludes halogenated alkanes) is 18. The Morgan fingerprint density at radius 2 is 0.700 bits per heavy atom. The van der Waals surface area contributed by atoms with Gasteiger partial charge in [0, 0.05) is 19.3 Å². The van der Waals surface area contributed by atoms with Crippen molar-refractivity contribution in [3.05, 3.63) is 0 Å². The van der Waals surface area contributed by atoms with Crippen LogP contribution in [0, 0.1) is 17.8 Å². The maximum Gasteiger partial charge on any atom is 0.306 e. The van der Waals surface area contributed by atoms with E-state index >= 15 is 0 Å². The fourth-order valence-electron chi connectivity index (χ4n) is 6.28. The Hall–Kier alpha value is -1.59. The molecule has 50 heavy (non-hydrogen) atoms. The summed E-state index contributed by atoms with van der Waals surface area (Å²) in [7, 11) is 0. The van der Waals surface area contributed by atoms with E-state index in [0.29, 0.717) is 19.3 Å². The topological polar surface area (TPSA) is 78.9 Å². The number of rotatable bonds is 37. The normalized spacial score (nSPS) is 13.3. The van der Waals surface area contributed by atoms with E-state index in [9.17, 15) is 14.4 Å². The van der Waals surface area contributed by atoms with Crippen molar-refractivity contribution in [1.29, 1.82) is 0 Å². The molecule has 0 bridgehead atoms. The number of carbonyl (C=O) groups is 3. The molecule has 0 saturated carbocycles. The van der Waals surface area contributed by atoms with E-state index in [1.807, 2.05) is 0 Å². The molecule has 0 fully saturated rings. The lowest BCUT2D eigenvalue weighted by atomic mass is 10.00. The Labute approximate surface area is 310 Å². The Balaban J connectivity index is 4.37. The van der Waals surface area contributed by atoms with Gasteiger partial charge in [-0.3, -0.25) is 14.4 Å². The lowest BCUT2D eigenvalue weighted by Gasteiger charge is -2.18. The van der Waals surface area contributed by atoms with Crippen LogP contribution in [-0.2, 0) is 28.6 Å². The molecule has 0 aliphatic carbocycles. The van der Waals surface area contributed by atoms with Crippen LogP contribution in [0.5, 0.6) is 0 Å². The molecule has 0 aliphatic heterocycles. The van der Waals surface area contributed by atoms with Crippen LogP contribution in [0.4, 0.5) is 0 Å². The first kappa shape index (κ1) is 48.4. The molecule has 0 amide bonds. The molecule has 0 heterocycles. The molecule has 0 aliphatic rings. The molecule has 6 heteroatoms. The molecular formula is C44H84O6. The van der Waals surface area contributed by atoms with Crippen molar-refractivity contribution in [2.75, 3.05) is 13.2 Å². The summed E-state index contributed by atoms with van der Waals surface area (Å²) >= 11 is 0. The predicted molar refractivity (Wildman–Crippen MR) is 210 cm³/mol. The highest BCUT2D eigenvalue weighted by atomic mass is 16.6. The molecule has 0 aromatic carbocycles. The third-order valence-corrected chi connectivity index (χ3v) is 10.4. The second kappa shape index (κ2) is 35.8. The summed E-state index contributed by atoms with van der Waals surface area (Å²) in [6, 6.07) is 0. The van der Waals surface area contributed by atoms with E-state index in [0.717, 1.165) is 75.5 Å². The first-order chi connectivity index (χ1) is 24.2. The van der Waals surface area contributed by atoms with E-state index < -0.39 is 6.10 Å². The fourth-order valence-corrected chi connectivity index (χ4v) is 6.28. The Kier molecular flexibility index (Phi) is 34.7. The number of esters is 3. The molecule has 0 aromatic heterocycles. The van der Waals surface area contributed by atoms with Crippen molar-refractivity contribution in [2.45, 2.75) is 234 Å². The molecule has 0 spiro atoms. The SMILES string of the molecule is CCC(C)CCCCCCCCC(=O)OC[C@H](COC(=O)CCCCCCCCCCCC(C)C)OC(=O)CCCCCCCCC(C)CC. The average Bonchev–Trinajstić information content (AvgIpc) is 3.09. The lowest BCUT2D eigenvalue weighted by molar-refractivity contribution is -0.167. The van der Waals surface area contributed by atoms with E-state index in [4.69, 9.17) is 14.2 Å². The van der Waals surface area contributed by atoms with Gasteiger partial charge >= 0.3 is 17.9 Å². The van der Waals surface area contributed by atoms with Gasteiger partial charge in [0.1, 0.15) is 13.2 Å². The van der Waals surface area contributed by atoms with Crippen LogP contribution in [0.1, 0.15) is 228 Å². The van der Waals surface area contributed by atoms with Gasteiger partial charge in [0.25, 0.3) is 0 Å². The first-order valence-electron chi connectivity index (χ1n) is 21.7. The highest BCUT2D eigenvalue weighted by Gasteiger charge is 2.19. The zero-order chi connectivity index (χ0) is 37.1. The van der Waals surface area contributed by atoms with Gasteiger partial charge in [-0.15, -0.1) is 0 Å². The van der Waals surface area contributed by atoms with Gasteiger partial charge in [0.15, 0.2) is 6.10 Å². The van der Waals surface area contributed by atoms with Crippen LogP contribution in [0.3, 0.4) is 0 Å². The largest absolute Gasteiger partial charge is 0.462 e. The van der Waals surface area contributed by atoms with Crippen LogP contribution in [0.15, 0.2) is 0 Å². The monoisotopic (exact) mass is 709 g/mol. The minimum atomic E-state index is -0.762. The highest BCUT2D eigenvalue weighted by molar-refractivity contribution is 5.71. The molecule has 296 valence electrons. The van der Waals surface area contributed by atoms with Gasteiger partial charge < -0.3 is 14.2 Å². The summed E-state index contributed by atoms with van der Waals surface area (Å²) in [5.41, 5.74) is 0. The zero-order valence-corrected chi connectivity index (χ0v) is 34.2. The van der Waals surface area contributed by atoms with Crippen LogP contribution in [0.25, 0.3) is 0 Å². The fraction of sp³-hybridized carbons (Fsp3) is 0.932. The summed E-state index contributed by atoms with van der Waals surface area (Å²) in [6.07, 6.45) is 30.9. The third-order valence-electron chi connectivity index (χ3n) is 10.4. The number of hydrogen-bond acceptors (Lipinski definition) is 6. The molecule has 0 N–H and O–H groups in total. The van der Waals surface area contributed by atoms with Gasteiger partial charge in [-0.2, -0.15) is 0 Å². The van der Waals surface area contributed by atoms with Gasteiger partial charge in [0.2, 0.25) is 0 Å². The van der Waals surface area contributed by atoms with Gasteiger partial charge in [-0.25, -0.2) is 0 Å². The van der Waals surface area contributed by atoms with Crippen LogP contribution < -0.4 is 0 Å². The molecular weight excluding hydrogens is 624 g/mol. The van der Waals surface area contributed by atoms with Crippen molar-refractivity contribution < 1.29 is 28.6 Å². The van der Waals surface area contributed by atoms with Crippen molar-refractivity contribution in [1.82, 2.24) is 0 Å². The predicted octanol–water partition coefficient (Wildman–Crippen LogP) is 13.3. The molecule has 2 unspecified atom stereocenters. The van der Waals surface area contributed by atoms with Gasteiger partial charge in [0.05, 0.1) is 0 Å². The molecule has 0 rings (SSSR count). The van der Waals surface area contributed by atoms with Crippen molar-refractivity contribution >= 4 is 17.9 Å². The van der Waals surface area contributed by atoms with Crippen LogP contribution >= 0.6 is 0 Å². The Bertz CT molecular complexity index is 780. The average molecular weight is 709 g/mol. The molecule has 6 nitrogen and oxygen atoms in total. The smallest absolute Gasteiger partial charge is 0.306 e. The van der Waals surface area contributed by atoms with E-state index in [2.05, 4.69) is 41.5 Å². The third kappa shape index (κ3) is 34.8. The highest BCUT2D eigenvalue weighted by Crippen LogP contribution is 2.17. The molecule has 0 radical (unpaired) electrons. The second-order valence-corrected chi connectivity index (χ2v) is 15.9. The maximum absolute atomic E-state index is 12.7. The van der Waals surface area contributed by atoms with Crippen LogP contribution in [0.2, 0.25) is 0 Å². The summed E-state index contributed by atoms with van der Waals surface area (Å²) in [4.78, 5) is 37.6. The van der Waals surface area contributed by atoms with Crippen molar-refractivity contribution in [3.8, 4) is 0 Å². The Morgan fingerprint density at radius 3 is 1.04 bits per heavy atom. The van der Waals surface area contributed by atoms with Crippen LogP contribution in [-0.4, -0.2) is 37.2 Å². The van der Waals surface area contributed by atoms with Gasteiger partial charge in [-0.05, 0) is 37.0 Å². The van der Waals surface area contributed by atoms with Gasteiger partial charge in [-0.1, -0.05) is 189 Å². The number of carbonyl (C=O) groups excluding carboxylic acids is 3. The van der Waals surface area contributed by atoms with Crippen molar-refractivity contribution in [3.63, 3.8) is 0 Å². The summed E-state index contributed by atoms with van der Waals surface area (Å²) in [5, 5.41) is 0. The maximum atomic E-state index is 12.7. The minimum absolute atomic E-state index is 0.0680. The summed E-state index contributed by atoms with van der Waals surface area (Å²) < 4.78 is 16.7. The first-order valence-corrected chi connectivity index (χ1v) is 21.7. The van der Waals surface area contributed by atoms with E-state index in [1.165, 1.54) is 109 Å². The lowest BCUT2D eigenvalue weighted by Crippen LogP contribution is -2.30. The summed E-state index contributed by atoms with van der Waals surface area (Å²) in [5.74, 6) is 1.56. The van der Waals surface area contributed by atoms with Crippen molar-refractivity contribution in [2.24, 2.45) is 17.8 Å². The molecule has 0 saturated heterocycles. The summed E-state index contributed by atoms with van der Waals surface area (Å²) in [6.45, 7) is 13.6.